The van der Waals surface area contributed by atoms with E-state index in [0.29, 0.717) is 0 Å². The maximum Gasteiger partial charge on any atom is 0.189 e. The van der Waals surface area contributed by atoms with Crippen molar-refractivity contribution in [3.63, 3.8) is 0 Å². The lowest BCUT2D eigenvalue weighted by molar-refractivity contribution is 0.660. The Hall–Kier alpha value is -0.520. The van der Waals surface area contributed by atoms with E-state index in [4.69, 9.17) is 5.73 Å². The highest BCUT2D eigenvalue weighted by Gasteiger charge is 2.00. The number of anilines is 1. The standard InChI is InChI=1S/C12H22N4S.ClH/c1-10-9-11(16-12(15-10)17-2)14-8-6-4-3-5-7-13;/h9H,3-8,13H2,1-2H3,(H,14,15,16);1H. The van der Waals surface area contributed by atoms with Crippen LogP contribution in [-0.2, 0) is 0 Å². The predicted molar refractivity (Wildman–Crippen MR) is 81.8 cm³/mol. The number of rotatable bonds is 8. The second kappa shape index (κ2) is 10.4. The highest BCUT2D eigenvalue weighted by Crippen LogP contribution is 2.13. The molecule has 18 heavy (non-hydrogen) atoms. The van der Waals surface area contributed by atoms with E-state index in [1.807, 2.05) is 19.2 Å². The maximum atomic E-state index is 5.45. The molecule has 0 unspecified atom stereocenters. The summed E-state index contributed by atoms with van der Waals surface area (Å²) in [5.41, 5.74) is 6.46. The molecule has 0 saturated carbocycles. The Bertz CT molecular complexity index is 336. The smallest absolute Gasteiger partial charge is 0.189 e. The predicted octanol–water partition coefficient (Wildman–Crippen LogP) is 2.86. The zero-order valence-electron chi connectivity index (χ0n) is 11.1. The molecule has 3 N–H and O–H groups in total. The first-order chi connectivity index (χ1) is 8.26. The first kappa shape index (κ1) is 17.5. The molecule has 0 atom stereocenters. The van der Waals surface area contributed by atoms with Gasteiger partial charge in [-0.25, -0.2) is 9.97 Å². The number of hydrogen-bond acceptors (Lipinski definition) is 5. The summed E-state index contributed by atoms with van der Waals surface area (Å²) in [6.07, 6.45) is 6.73. The number of unbranched alkanes of at least 4 members (excludes halogenated alkanes) is 3. The van der Waals surface area contributed by atoms with Crippen LogP contribution in [0.15, 0.2) is 11.2 Å². The van der Waals surface area contributed by atoms with Crippen molar-refractivity contribution in [3.05, 3.63) is 11.8 Å². The number of thioether (sulfide) groups is 1. The minimum absolute atomic E-state index is 0. The number of nitrogens with zero attached hydrogens (tertiary/aromatic N) is 2. The summed E-state index contributed by atoms with van der Waals surface area (Å²) < 4.78 is 0. The molecule has 1 rings (SSSR count). The minimum Gasteiger partial charge on any atom is -0.370 e. The Morgan fingerprint density at radius 3 is 2.61 bits per heavy atom. The first-order valence-corrected chi connectivity index (χ1v) is 7.32. The van der Waals surface area contributed by atoms with Gasteiger partial charge in [0.15, 0.2) is 5.16 Å². The molecule has 1 heterocycles. The lowest BCUT2D eigenvalue weighted by Crippen LogP contribution is -2.05. The summed E-state index contributed by atoms with van der Waals surface area (Å²) in [5, 5.41) is 4.17. The van der Waals surface area contributed by atoms with Gasteiger partial charge in [0.1, 0.15) is 5.82 Å². The molecule has 0 aliphatic heterocycles. The van der Waals surface area contributed by atoms with Gasteiger partial charge in [-0.3, -0.25) is 0 Å². The third kappa shape index (κ3) is 7.03. The van der Waals surface area contributed by atoms with Gasteiger partial charge < -0.3 is 11.1 Å². The molecule has 4 nitrogen and oxygen atoms in total. The number of hydrogen-bond donors (Lipinski definition) is 2. The third-order valence-electron chi connectivity index (χ3n) is 2.45. The normalized spacial score (nSPS) is 9.94. The van der Waals surface area contributed by atoms with Crippen LogP contribution in [0.1, 0.15) is 31.4 Å². The van der Waals surface area contributed by atoms with E-state index in [1.54, 1.807) is 11.8 Å². The zero-order chi connectivity index (χ0) is 12.5. The average Bonchev–Trinajstić information content (AvgIpc) is 2.33. The van der Waals surface area contributed by atoms with Crippen molar-refractivity contribution in [2.75, 3.05) is 24.7 Å². The topological polar surface area (TPSA) is 63.8 Å². The molecule has 0 fully saturated rings. The fourth-order valence-electron chi connectivity index (χ4n) is 1.56. The largest absolute Gasteiger partial charge is 0.370 e. The van der Waals surface area contributed by atoms with E-state index in [9.17, 15) is 0 Å². The van der Waals surface area contributed by atoms with Crippen LogP contribution in [0.5, 0.6) is 0 Å². The molecule has 0 aliphatic rings. The molecular weight excluding hydrogens is 268 g/mol. The van der Waals surface area contributed by atoms with Gasteiger partial charge in [0.25, 0.3) is 0 Å². The molecule has 104 valence electrons. The fourth-order valence-corrected chi connectivity index (χ4v) is 1.99. The highest BCUT2D eigenvalue weighted by molar-refractivity contribution is 7.98. The van der Waals surface area contributed by atoms with Gasteiger partial charge in [0, 0.05) is 18.3 Å². The molecule has 0 amide bonds. The van der Waals surface area contributed by atoms with E-state index in [0.717, 1.165) is 42.6 Å². The van der Waals surface area contributed by atoms with E-state index in [-0.39, 0.29) is 12.4 Å². The molecule has 0 saturated heterocycles. The van der Waals surface area contributed by atoms with E-state index < -0.39 is 0 Å². The lowest BCUT2D eigenvalue weighted by atomic mass is 10.2. The zero-order valence-corrected chi connectivity index (χ0v) is 12.7. The van der Waals surface area contributed by atoms with Crippen LogP contribution in [0, 0.1) is 6.92 Å². The Morgan fingerprint density at radius 1 is 1.22 bits per heavy atom. The molecule has 0 aliphatic carbocycles. The Morgan fingerprint density at radius 2 is 1.94 bits per heavy atom. The quantitative estimate of drug-likeness (QED) is 0.438. The van der Waals surface area contributed by atoms with Gasteiger partial charge in [-0.1, -0.05) is 24.6 Å². The van der Waals surface area contributed by atoms with Gasteiger partial charge in [0.05, 0.1) is 0 Å². The monoisotopic (exact) mass is 290 g/mol. The van der Waals surface area contributed by atoms with Gasteiger partial charge >= 0.3 is 0 Å². The summed E-state index contributed by atoms with van der Waals surface area (Å²) in [6, 6.07) is 1.99. The van der Waals surface area contributed by atoms with Crippen LogP contribution in [0.3, 0.4) is 0 Å². The summed E-state index contributed by atoms with van der Waals surface area (Å²) in [6.45, 7) is 3.76. The number of halogens is 1. The summed E-state index contributed by atoms with van der Waals surface area (Å²) in [4.78, 5) is 8.73. The van der Waals surface area contributed by atoms with Crippen molar-refractivity contribution < 1.29 is 0 Å². The van der Waals surface area contributed by atoms with Gasteiger partial charge in [-0.05, 0) is 32.6 Å². The van der Waals surface area contributed by atoms with Gasteiger partial charge in [-0.15, -0.1) is 12.4 Å². The fraction of sp³-hybridized carbons (Fsp3) is 0.667. The third-order valence-corrected chi connectivity index (χ3v) is 3.00. The molecular formula is C12H23ClN4S. The van der Waals surface area contributed by atoms with E-state index in [2.05, 4.69) is 15.3 Å². The molecule has 0 radical (unpaired) electrons. The first-order valence-electron chi connectivity index (χ1n) is 6.10. The van der Waals surface area contributed by atoms with Crippen LogP contribution in [0.2, 0.25) is 0 Å². The lowest BCUT2D eigenvalue weighted by Gasteiger charge is -2.07. The maximum absolute atomic E-state index is 5.45. The van der Waals surface area contributed by atoms with Crippen molar-refractivity contribution in [1.29, 1.82) is 0 Å². The molecule has 0 spiro atoms. The Balaban J connectivity index is 0.00000289. The van der Waals surface area contributed by atoms with Crippen molar-refractivity contribution in [1.82, 2.24) is 9.97 Å². The SMILES string of the molecule is CSc1nc(C)cc(NCCCCCCN)n1.Cl. The number of nitrogens with one attached hydrogen (secondary N) is 1. The molecule has 1 aromatic heterocycles. The number of nitrogens with two attached hydrogens (primary N) is 1. The minimum atomic E-state index is 0. The Labute approximate surface area is 120 Å². The summed E-state index contributed by atoms with van der Waals surface area (Å²) in [5.74, 6) is 0.931. The number of aromatic nitrogens is 2. The summed E-state index contributed by atoms with van der Waals surface area (Å²) >= 11 is 1.57. The average molecular weight is 291 g/mol. The van der Waals surface area contributed by atoms with Crippen molar-refractivity contribution in [2.24, 2.45) is 5.73 Å². The van der Waals surface area contributed by atoms with Gasteiger partial charge in [0.2, 0.25) is 0 Å². The van der Waals surface area contributed by atoms with Crippen LogP contribution in [-0.4, -0.2) is 29.3 Å². The molecule has 6 heteroatoms. The second-order valence-electron chi connectivity index (χ2n) is 4.01. The van der Waals surface area contributed by atoms with E-state index in [1.165, 1.54) is 12.8 Å². The van der Waals surface area contributed by atoms with Crippen molar-refractivity contribution in [3.8, 4) is 0 Å². The molecule has 0 bridgehead atoms. The molecule has 1 aromatic rings. The van der Waals surface area contributed by atoms with Crippen LogP contribution in [0.4, 0.5) is 5.82 Å². The Kier molecular flexibility index (Phi) is 10.1. The van der Waals surface area contributed by atoms with E-state index >= 15 is 0 Å². The molecule has 0 aromatic carbocycles. The summed E-state index contributed by atoms with van der Waals surface area (Å²) in [7, 11) is 0. The number of aryl methyl sites for hydroxylation is 1. The van der Waals surface area contributed by atoms with Crippen LogP contribution < -0.4 is 11.1 Å². The highest BCUT2D eigenvalue weighted by atomic mass is 35.5. The van der Waals surface area contributed by atoms with Gasteiger partial charge in [-0.2, -0.15) is 0 Å². The van der Waals surface area contributed by atoms with Crippen molar-refractivity contribution >= 4 is 30.0 Å². The second-order valence-corrected chi connectivity index (χ2v) is 4.78. The van der Waals surface area contributed by atoms with Crippen molar-refractivity contribution in [2.45, 2.75) is 37.8 Å². The van der Waals surface area contributed by atoms with Crippen LogP contribution >= 0.6 is 24.2 Å². The van der Waals surface area contributed by atoms with Crippen LogP contribution in [0.25, 0.3) is 0 Å².